The van der Waals surface area contributed by atoms with E-state index in [1.165, 1.54) is 31.4 Å². The van der Waals surface area contributed by atoms with Crippen LogP contribution in [0.1, 0.15) is 31.8 Å². The van der Waals surface area contributed by atoms with Crippen LogP contribution >= 0.6 is 0 Å². The van der Waals surface area contributed by atoms with E-state index < -0.39 is 17.6 Å². The molecule has 0 saturated carbocycles. The fourth-order valence-corrected chi connectivity index (χ4v) is 2.79. The summed E-state index contributed by atoms with van der Waals surface area (Å²) >= 11 is 0. The second-order valence-corrected chi connectivity index (χ2v) is 6.56. The summed E-state index contributed by atoms with van der Waals surface area (Å²) in [5.41, 5.74) is 0.809. The van der Waals surface area contributed by atoms with Gasteiger partial charge in [-0.3, -0.25) is 9.59 Å². The Labute approximate surface area is 176 Å². The summed E-state index contributed by atoms with van der Waals surface area (Å²) in [5, 5.41) is 8.04. The van der Waals surface area contributed by atoms with E-state index in [4.69, 9.17) is 0 Å². The van der Waals surface area contributed by atoms with Crippen molar-refractivity contribution in [2.24, 2.45) is 0 Å². The number of halogens is 3. The van der Waals surface area contributed by atoms with Gasteiger partial charge in [-0.1, -0.05) is 18.2 Å². The minimum atomic E-state index is -4.48. The van der Waals surface area contributed by atoms with Crippen LogP contribution in [-0.4, -0.2) is 23.8 Å². The molecule has 6 nitrogen and oxygen atoms in total. The lowest BCUT2D eigenvalue weighted by atomic mass is 10.1. The van der Waals surface area contributed by atoms with Gasteiger partial charge in [0.15, 0.2) is 0 Å². The zero-order valence-corrected chi connectivity index (χ0v) is 16.5. The fourth-order valence-electron chi connectivity index (χ4n) is 2.79. The molecule has 0 aliphatic rings. The Bertz CT molecular complexity index is 1080. The minimum absolute atomic E-state index is 0.134. The molecule has 0 spiro atoms. The van der Waals surface area contributed by atoms with Gasteiger partial charge in [0.25, 0.3) is 11.8 Å². The average Bonchev–Trinajstić information content (AvgIpc) is 2.77. The standard InChI is InChI=1S/C22H19F3N4O2/c1-26-20(30)15-9-7-14(8-10-15)13-28-21(31)18-6-3-11-27-19(18)29-17-5-2-4-16(12-17)22(23,24)25/h2-12H,13H2,1H3,(H,26,30)(H,27,29)(H,28,31). The number of benzene rings is 2. The number of hydrogen-bond acceptors (Lipinski definition) is 4. The van der Waals surface area contributed by atoms with Crippen LogP contribution in [-0.2, 0) is 12.7 Å². The van der Waals surface area contributed by atoms with Gasteiger partial charge in [0.1, 0.15) is 5.82 Å². The first-order chi connectivity index (χ1) is 14.8. The topological polar surface area (TPSA) is 83.1 Å². The SMILES string of the molecule is CNC(=O)c1ccc(CNC(=O)c2cccnc2Nc2cccc(C(F)(F)F)c2)cc1. The summed E-state index contributed by atoms with van der Waals surface area (Å²) in [7, 11) is 1.54. The lowest BCUT2D eigenvalue weighted by molar-refractivity contribution is -0.137. The third-order valence-electron chi connectivity index (χ3n) is 4.40. The number of aromatic nitrogens is 1. The van der Waals surface area contributed by atoms with E-state index in [9.17, 15) is 22.8 Å². The van der Waals surface area contributed by atoms with Crippen molar-refractivity contribution >= 4 is 23.3 Å². The average molecular weight is 428 g/mol. The van der Waals surface area contributed by atoms with Crippen molar-refractivity contribution in [2.45, 2.75) is 12.7 Å². The van der Waals surface area contributed by atoms with Gasteiger partial charge in [-0.25, -0.2) is 4.98 Å². The normalized spacial score (nSPS) is 11.0. The number of alkyl halides is 3. The van der Waals surface area contributed by atoms with Crippen LogP contribution in [0.2, 0.25) is 0 Å². The van der Waals surface area contributed by atoms with Gasteiger partial charge < -0.3 is 16.0 Å². The third-order valence-corrected chi connectivity index (χ3v) is 4.40. The largest absolute Gasteiger partial charge is 0.416 e. The molecule has 2 aromatic carbocycles. The minimum Gasteiger partial charge on any atom is -0.355 e. The molecule has 3 aromatic rings. The molecule has 160 valence electrons. The van der Waals surface area contributed by atoms with Crippen LogP contribution in [0.25, 0.3) is 0 Å². The van der Waals surface area contributed by atoms with Gasteiger partial charge >= 0.3 is 6.18 Å². The quantitative estimate of drug-likeness (QED) is 0.551. The van der Waals surface area contributed by atoms with Crippen LogP contribution in [0.15, 0.2) is 66.9 Å². The Kier molecular flexibility index (Phi) is 6.54. The Balaban J connectivity index is 1.71. The molecule has 1 heterocycles. The van der Waals surface area contributed by atoms with Gasteiger partial charge in [-0.05, 0) is 48.0 Å². The lowest BCUT2D eigenvalue weighted by Gasteiger charge is -2.13. The summed E-state index contributed by atoms with van der Waals surface area (Å²) in [6.07, 6.45) is -3.04. The van der Waals surface area contributed by atoms with Crippen LogP contribution in [0.5, 0.6) is 0 Å². The third kappa shape index (κ3) is 5.59. The van der Waals surface area contributed by atoms with E-state index in [0.717, 1.165) is 17.7 Å². The molecule has 0 unspecified atom stereocenters. The number of hydrogen-bond donors (Lipinski definition) is 3. The van der Waals surface area contributed by atoms with Crippen LogP contribution < -0.4 is 16.0 Å². The van der Waals surface area contributed by atoms with Crippen molar-refractivity contribution in [2.75, 3.05) is 12.4 Å². The summed E-state index contributed by atoms with van der Waals surface area (Å²) < 4.78 is 38.8. The number of nitrogens with zero attached hydrogens (tertiary/aromatic N) is 1. The maximum Gasteiger partial charge on any atom is 0.416 e. The van der Waals surface area contributed by atoms with Crippen molar-refractivity contribution in [3.8, 4) is 0 Å². The van der Waals surface area contributed by atoms with Gasteiger partial charge in [-0.15, -0.1) is 0 Å². The molecule has 2 amide bonds. The highest BCUT2D eigenvalue weighted by Crippen LogP contribution is 2.31. The molecule has 0 aliphatic carbocycles. The molecule has 0 aliphatic heterocycles. The number of anilines is 2. The lowest BCUT2D eigenvalue weighted by Crippen LogP contribution is -2.24. The summed E-state index contributed by atoms with van der Waals surface area (Å²) in [4.78, 5) is 28.3. The first kappa shape index (κ1) is 21.8. The molecular formula is C22H19F3N4O2. The highest BCUT2D eigenvalue weighted by molar-refractivity contribution is 5.99. The molecule has 9 heteroatoms. The molecule has 3 rings (SSSR count). The maximum atomic E-state index is 12.9. The predicted octanol–water partition coefficient (Wildman–Crippen LogP) is 4.13. The van der Waals surface area contributed by atoms with E-state index in [1.54, 1.807) is 30.3 Å². The Morgan fingerprint density at radius 3 is 2.39 bits per heavy atom. The smallest absolute Gasteiger partial charge is 0.355 e. The van der Waals surface area contributed by atoms with Crippen molar-refractivity contribution < 1.29 is 22.8 Å². The van der Waals surface area contributed by atoms with E-state index >= 15 is 0 Å². The predicted molar refractivity (Wildman–Crippen MR) is 110 cm³/mol. The van der Waals surface area contributed by atoms with Gasteiger partial charge in [0.05, 0.1) is 11.1 Å². The van der Waals surface area contributed by atoms with Crippen molar-refractivity contribution in [3.05, 3.63) is 89.1 Å². The van der Waals surface area contributed by atoms with Crippen LogP contribution in [0.3, 0.4) is 0 Å². The fraction of sp³-hybridized carbons (Fsp3) is 0.136. The first-order valence-corrected chi connectivity index (χ1v) is 9.26. The molecule has 31 heavy (non-hydrogen) atoms. The Hall–Kier alpha value is -3.88. The summed E-state index contributed by atoms with van der Waals surface area (Å²) in [6.45, 7) is 0.199. The monoisotopic (exact) mass is 428 g/mol. The summed E-state index contributed by atoms with van der Waals surface area (Å²) in [6, 6.07) is 14.5. The molecule has 3 N–H and O–H groups in total. The van der Waals surface area contributed by atoms with Gasteiger partial charge in [0.2, 0.25) is 0 Å². The van der Waals surface area contributed by atoms with Crippen molar-refractivity contribution in [3.63, 3.8) is 0 Å². The number of rotatable bonds is 6. The van der Waals surface area contributed by atoms with E-state index in [0.29, 0.717) is 5.56 Å². The second-order valence-electron chi connectivity index (χ2n) is 6.56. The van der Waals surface area contributed by atoms with Crippen LogP contribution in [0, 0.1) is 0 Å². The second kappa shape index (κ2) is 9.29. The number of carbonyl (C=O) groups is 2. The Morgan fingerprint density at radius 1 is 0.968 bits per heavy atom. The molecule has 0 fully saturated rings. The molecule has 1 aromatic heterocycles. The van der Waals surface area contributed by atoms with E-state index in [1.807, 2.05) is 0 Å². The molecule has 0 saturated heterocycles. The zero-order chi connectivity index (χ0) is 22.4. The number of amides is 2. The number of carbonyl (C=O) groups excluding carboxylic acids is 2. The van der Waals surface area contributed by atoms with Gasteiger partial charge in [-0.2, -0.15) is 13.2 Å². The molecular weight excluding hydrogens is 409 g/mol. The zero-order valence-electron chi connectivity index (χ0n) is 16.5. The maximum absolute atomic E-state index is 12.9. The highest BCUT2D eigenvalue weighted by atomic mass is 19.4. The molecule has 0 radical (unpaired) electrons. The van der Waals surface area contributed by atoms with E-state index in [2.05, 4.69) is 20.9 Å². The van der Waals surface area contributed by atoms with E-state index in [-0.39, 0.29) is 29.5 Å². The summed E-state index contributed by atoms with van der Waals surface area (Å²) in [5.74, 6) is -0.525. The molecule has 0 bridgehead atoms. The van der Waals surface area contributed by atoms with Crippen molar-refractivity contribution in [1.82, 2.24) is 15.6 Å². The Morgan fingerprint density at radius 2 is 1.71 bits per heavy atom. The van der Waals surface area contributed by atoms with Crippen LogP contribution in [0.4, 0.5) is 24.7 Å². The highest BCUT2D eigenvalue weighted by Gasteiger charge is 2.30. The van der Waals surface area contributed by atoms with Gasteiger partial charge in [0, 0.05) is 31.0 Å². The van der Waals surface area contributed by atoms with Crippen molar-refractivity contribution in [1.29, 1.82) is 0 Å². The number of nitrogens with one attached hydrogen (secondary N) is 3. The molecule has 0 atom stereocenters. The first-order valence-electron chi connectivity index (χ1n) is 9.26. The number of pyridine rings is 1.